The molecular formula is C11H17N3O2S. The lowest BCUT2D eigenvalue weighted by atomic mass is 10.0. The monoisotopic (exact) mass is 255 g/mol. The lowest BCUT2D eigenvalue weighted by molar-refractivity contribution is -0.129. The molecule has 0 aliphatic rings. The molecule has 6 heteroatoms. The maximum absolute atomic E-state index is 11.8. The van der Waals surface area contributed by atoms with Crippen molar-refractivity contribution in [1.82, 2.24) is 5.32 Å². The lowest BCUT2D eigenvalue weighted by Crippen LogP contribution is -2.50. The Bertz CT molecular complexity index is 389. The summed E-state index contributed by atoms with van der Waals surface area (Å²) in [5.74, 6) is -0.997. The second-order valence-corrected chi connectivity index (χ2v) is 5.11. The first-order valence-corrected chi connectivity index (χ1v) is 6.20. The van der Waals surface area contributed by atoms with Gasteiger partial charge in [0.2, 0.25) is 11.8 Å². The molecule has 2 amide bonds. The van der Waals surface area contributed by atoms with E-state index in [9.17, 15) is 9.59 Å². The number of nitrogens with one attached hydrogen (secondary N) is 1. The largest absolute Gasteiger partial charge is 0.368 e. The van der Waals surface area contributed by atoms with Crippen LogP contribution in [0.3, 0.4) is 0 Å². The van der Waals surface area contributed by atoms with Gasteiger partial charge < -0.3 is 16.8 Å². The van der Waals surface area contributed by atoms with E-state index in [0.29, 0.717) is 0 Å². The Kier molecular flexibility index (Phi) is 4.65. The number of primary amides is 1. The summed E-state index contributed by atoms with van der Waals surface area (Å²) in [7, 11) is 0. The fourth-order valence-corrected chi connectivity index (χ4v) is 2.13. The van der Waals surface area contributed by atoms with E-state index < -0.39 is 18.0 Å². The highest BCUT2D eigenvalue weighted by Gasteiger charge is 2.25. The molecule has 1 aromatic rings. The molecule has 1 heterocycles. The van der Waals surface area contributed by atoms with Crippen molar-refractivity contribution < 1.29 is 9.59 Å². The molecule has 94 valence electrons. The average Bonchev–Trinajstić information content (AvgIpc) is 2.76. The van der Waals surface area contributed by atoms with E-state index in [4.69, 9.17) is 11.5 Å². The molecule has 2 unspecified atom stereocenters. The van der Waals surface area contributed by atoms with Gasteiger partial charge in [0.1, 0.15) is 12.1 Å². The van der Waals surface area contributed by atoms with Crippen LogP contribution in [0.4, 0.5) is 0 Å². The van der Waals surface area contributed by atoms with E-state index in [1.54, 1.807) is 6.07 Å². The predicted molar refractivity (Wildman–Crippen MR) is 67.2 cm³/mol. The highest BCUT2D eigenvalue weighted by Crippen LogP contribution is 2.17. The Labute approximate surface area is 104 Å². The van der Waals surface area contributed by atoms with Crippen molar-refractivity contribution >= 4 is 23.2 Å². The summed E-state index contributed by atoms with van der Waals surface area (Å²) in [5, 5.41) is 4.42. The maximum atomic E-state index is 11.8. The molecule has 5 N–H and O–H groups in total. The van der Waals surface area contributed by atoms with Crippen molar-refractivity contribution in [2.75, 3.05) is 0 Å². The van der Waals surface area contributed by atoms with Gasteiger partial charge in [0.25, 0.3) is 0 Å². The topological polar surface area (TPSA) is 98.2 Å². The van der Waals surface area contributed by atoms with Crippen LogP contribution in [0.15, 0.2) is 17.5 Å². The third-order valence-electron chi connectivity index (χ3n) is 2.40. The van der Waals surface area contributed by atoms with Gasteiger partial charge in [-0.05, 0) is 17.4 Å². The molecule has 2 atom stereocenters. The predicted octanol–water partition coefficient (Wildman–Crippen LogP) is 0.374. The third-order valence-corrected chi connectivity index (χ3v) is 3.36. The maximum Gasteiger partial charge on any atom is 0.243 e. The highest BCUT2D eigenvalue weighted by atomic mass is 32.1. The first-order chi connectivity index (χ1) is 7.93. The second kappa shape index (κ2) is 5.79. The molecule has 17 heavy (non-hydrogen) atoms. The van der Waals surface area contributed by atoms with Crippen LogP contribution in [0.25, 0.3) is 0 Å². The van der Waals surface area contributed by atoms with Gasteiger partial charge in [-0.25, -0.2) is 0 Å². The normalized spacial score (nSPS) is 14.4. The van der Waals surface area contributed by atoms with Gasteiger partial charge in [0.05, 0.1) is 0 Å². The molecule has 0 saturated carbocycles. The van der Waals surface area contributed by atoms with Gasteiger partial charge in [-0.1, -0.05) is 19.9 Å². The molecule has 0 spiro atoms. The lowest BCUT2D eigenvalue weighted by Gasteiger charge is -2.20. The summed E-state index contributed by atoms with van der Waals surface area (Å²) in [6, 6.07) is 2.16. The number of rotatable bonds is 5. The number of hydrogen-bond donors (Lipinski definition) is 3. The zero-order valence-electron chi connectivity index (χ0n) is 9.84. The van der Waals surface area contributed by atoms with Gasteiger partial charge >= 0.3 is 0 Å². The summed E-state index contributed by atoms with van der Waals surface area (Å²) in [6.45, 7) is 3.62. The molecule has 0 aromatic carbocycles. The van der Waals surface area contributed by atoms with Crippen LogP contribution >= 0.6 is 11.3 Å². The Morgan fingerprint density at radius 2 is 2.06 bits per heavy atom. The molecule has 0 aliphatic heterocycles. The zero-order chi connectivity index (χ0) is 13.0. The summed E-state index contributed by atoms with van der Waals surface area (Å²) in [4.78, 5) is 23.7. The summed E-state index contributed by atoms with van der Waals surface area (Å²) >= 11 is 1.40. The van der Waals surface area contributed by atoms with Gasteiger partial charge in [-0.3, -0.25) is 9.59 Å². The van der Waals surface area contributed by atoms with Gasteiger partial charge in [-0.15, -0.1) is 11.3 Å². The first-order valence-electron chi connectivity index (χ1n) is 5.32. The van der Waals surface area contributed by atoms with Crippen molar-refractivity contribution in [3.05, 3.63) is 22.4 Å². The number of hydrogen-bond acceptors (Lipinski definition) is 4. The summed E-state index contributed by atoms with van der Waals surface area (Å²) < 4.78 is 0. The standard InChI is InChI=1S/C11H17N3O2S/c1-6(2)9(10(13)15)14-11(16)8(12)7-4-3-5-17-7/h3-6,8-9H,12H2,1-2H3,(H2,13,15)(H,14,16). The highest BCUT2D eigenvalue weighted by molar-refractivity contribution is 7.10. The average molecular weight is 255 g/mol. The van der Waals surface area contributed by atoms with Crippen molar-refractivity contribution in [1.29, 1.82) is 0 Å². The molecule has 0 bridgehead atoms. The van der Waals surface area contributed by atoms with E-state index in [0.717, 1.165) is 4.88 Å². The number of carbonyl (C=O) groups excluding carboxylic acids is 2. The molecule has 1 aromatic heterocycles. The Morgan fingerprint density at radius 1 is 1.41 bits per heavy atom. The Morgan fingerprint density at radius 3 is 2.47 bits per heavy atom. The fraction of sp³-hybridized carbons (Fsp3) is 0.455. The second-order valence-electron chi connectivity index (χ2n) is 4.13. The van der Waals surface area contributed by atoms with Crippen LogP contribution in [0, 0.1) is 5.92 Å². The Hall–Kier alpha value is -1.40. The molecule has 5 nitrogen and oxygen atoms in total. The number of nitrogens with two attached hydrogens (primary N) is 2. The molecule has 0 fully saturated rings. The number of amides is 2. The van der Waals surface area contributed by atoms with Crippen LogP contribution in [-0.2, 0) is 9.59 Å². The van der Waals surface area contributed by atoms with E-state index in [1.165, 1.54) is 11.3 Å². The fourth-order valence-electron chi connectivity index (χ4n) is 1.41. The van der Waals surface area contributed by atoms with Gasteiger partial charge in [0.15, 0.2) is 0 Å². The quantitative estimate of drug-likeness (QED) is 0.709. The van der Waals surface area contributed by atoms with Gasteiger partial charge in [0, 0.05) is 4.88 Å². The van der Waals surface area contributed by atoms with Crippen molar-refractivity contribution in [2.24, 2.45) is 17.4 Å². The molecule has 0 aliphatic carbocycles. The van der Waals surface area contributed by atoms with Crippen LogP contribution in [0.1, 0.15) is 24.8 Å². The van der Waals surface area contributed by atoms with E-state index in [1.807, 2.05) is 25.3 Å². The molecule has 1 rings (SSSR count). The molecular weight excluding hydrogens is 238 g/mol. The SMILES string of the molecule is CC(C)C(NC(=O)C(N)c1cccs1)C(N)=O. The minimum atomic E-state index is -0.754. The summed E-state index contributed by atoms with van der Waals surface area (Å²) in [5.41, 5.74) is 11.0. The van der Waals surface area contributed by atoms with E-state index >= 15 is 0 Å². The minimum absolute atomic E-state index is 0.0630. The van der Waals surface area contributed by atoms with E-state index in [-0.39, 0.29) is 11.8 Å². The molecule has 0 saturated heterocycles. The van der Waals surface area contributed by atoms with Crippen molar-refractivity contribution in [3.63, 3.8) is 0 Å². The Balaban J connectivity index is 2.68. The smallest absolute Gasteiger partial charge is 0.243 e. The van der Waals surface area contributed by atoms with Crippen LogP contribution in [0.2, 0.25) is 0 Å². The van der Waals surface area contributed by atoms with Crippen LogP contribution in [-0.4, -0.2) is 17.9 Å². The van der Waals surface area contributed by atoms with Crippen molar-refractivity contribution in [2.45, 2.75) is 25.9 Å². The first kappa shape index (κ1) is 13.7. The van der Waals surface area contributed by atoms with Crippen molar-refractivity contribution in [3.8, 4) is 0 Å². The minimum Gasteiger partial charge on any atom is -0.368 e. The van der Waals surface area contributed by atoms with Gasteiger partial charge in [-0.2, -0.15) is 0 Å². The third kappa shape index (κ3) is 3.54. The van der Waals surface area contributed by atoms with E-state index in [2.05, 4.69) is 5.32 Å². The molecule has 0 radical (unpaired) electrons. The van der Waals surface area contributed by atoms with Crippen LogP contribution in [0.5, 0.6) is 0 Å². The number of thiophene rings is 1. The summed E-state index contributed by atoms with van der Waals surface area (Å²) in [6.07, 6.45) is 0. The number of carbonyl (C=O) groups is 2. The van der Waals surface area contributed by atoms with Crippen LogP contribution < -0.4 is 16.8 Å². The zero-order valence-corrected chi connectivity index (χ0v) is 10.7.